The third-order valence-electron chi connectivity index (χ3n) is 6.29. The molecule has 2 fully saturated rings. The van der Waals surface area contributed by atoms with Crippen LogP contribution in [0, 0.1) is 5.82 Å². The molecule has 1 aromatic heterocycles. The minimum atomic E-state index is -3.51. The summed E-state index contributed by atoms with van der Waals surface area (Å²) in [6.45, 7) is 2.36. The normalized spacial score (nSPS) is 24.8. The van der Waals surface area contributed by atoms with Crippen molar-refractivity contribution in [2.45, 2.75) is 50.0 Å². The smallest absolute Gasteiger partial charge is 0.276 e. The van der Waals surface area contributed by atoms with Crippen molar-refractivity contribution in [1.82, 2.24) is 14.8 Å². The SMILES string of the molecule is C[C@]1(O)COC2(CCN(C(=O)c3cc(COc4ccc(F)cc4)on3)CC2)C[C@@H]1NS(C)(=O)=O. The van der Waals surface area contributed by atoms with E-state index in [1.807, 2.05) is 0 Å². The van der Waals surface area contributed by atoms with Crippen LogP contribution in [0.4, 0.5) is 4.39 Å². The molecule has 1 amide bonds. The molecular formula is C22H28FN3O7S. The van der Waals surface area contributed by atoms with Crippen LogP contribution in [0.3, 0.4) is 0 Å². The van der Waals surface area contributed by atoms with Gasteiger partial charge >= 0.3 is 0 Å². The van der Waals surface area contributed by atoms with Crippen LogP contribution < -0.4 is 9.46 Å². The number of likely N-dealkylation sites (tertiary alicyclic amines) is 1. The summed E-state index contributed by atoms with van der Waals surface area (Å²) in [4.78, 5) is 14.5. The lowest BCUT2D eigenvalue weighted by molar-refractivity contribution is -0.187. The van der Waals surface area contributed by atoms with Gasteiger partial charge in [-0.2, -0.15) is 0 Å². The first-order chi connectivity index (χ1) is 15.9. The standard InChI is InChI=1S/C22H28FN3O7S/c1-21(28)14-32-22(12-19(21)25-34(2,29)30)7-9-26(10-8-22)20(27)18-11-17(33-24-18)13-31-16-5-3-15(23)4-6-16/h3-6,11,19,25,28H,7-10,12-14H2,1-2H3/t19-,21-/m0/s1. The van der Waals surface area contributed by atoms with Gasteiger partial charge in [0, 0.05) is 19.2 Å². The van der Waals surface area contributed by atoms with Crippen LogP contribution in [0.1, 0.15) is 42.4 Å². The molecule has 1 aromatic carbocycles. The van der Waals surface area contributed by atoms with Crippen LogP contribution >= 0.6 is 0 Å². The highest BCUT2D eigenvalue weighted by molar-refractivity contribution is 7.88. The minimum absolute atomic E-state index is 0.00512. The van der Waals surface area contributed by atoms with Crippen LogP contribution in [0.15, 0.2) is 34.9 Å². The van der Waals surface area contributed by atoms with Gasteiger partial charge in [0.2, 0.25) is 10.0 Å². The Kier molecular flexibility index (Phi) is 6.69. The predicted octanol–water partition coefficient (Wildman–Crippen LogP) is 1.46. The van der Waals surface area contributed by atoms with Gasteiger partial charge in [0.25, 0.3) is 5.91 Å². The molecule has 2 aromatic rings. The second kappa shape index (κ2) is 9.25. The summed E-state index contributed by atoms with van der Waals surface area (Å²) < 4.78 is 55.7. The Labute approximate surface area is 197 Å². The van der Waals surface area contributed by atoms with Crippen molar-refractivity contribution in [3.63, 3.8) is 0 Å². The molecule has 186 valence electrons. The lowest BCUT2D eigenvalue weighted by Gasteiger charge is -2.50. The van der Waals surface area contributed by atoms with Crippen molar-refractivity contribution in [3.8, 4) is 5.75 Å². The molecule has 2 saturated heterocycles. The number of hydrogen-bond donors (Lipinski definition) is 2. The van der Waals surface area contributed by atoms with Gasteiger partial charge < -0.3 is 24.0 Å². The largest absolute Gasteiger partial charge is 0.486 e. The Balaban J connectivity index is 1.33. The van der Waals surface area contributed by atoms with E-state index in [9.17, 15) is 22.7 Å². The second-order valence-corrected chi connectivity index (χ2v) is 11.0. The molecule has 34 heavy (non-hydrogen) atoms. The third-order valence-corrected chi connectivity index (χ3v) is 7.00. The molecule has 3 heterocycles. The van der Waals surface area contributed by atoms with E-state index in [-0.39, 0.29) is 30.6 Å². The fraction of sp³-hybridized carbons (Fsp3) is 0.545. The van der Waals surface area contributed by atoms with Crippen molar-refractivity contribution >= 4 is 15.9 Å². The maximum atomic E-state index is 13.0. The van der Waals surface area contributed by atoms with Crippen LogP contribution in [-0.2, 0) is 21.4 Å². The lowest BCUT2D eigenvalue weighted by atomic mass is 9.78. The summed E-state index contributed by atoms with van der Waals surface area (Å²) in [5, 5.41) is 14.4. The molecule has 0 bridgehead atoms. The van der Waals surface area contributed by atoms with E-state index in [0.29, 0.717) is 43.9 Å². The Morgan fingerprint density at radius 2 is 2.00 bits per heavy atom. The molecule has 2 atom stereocenters. The van der Waals surface area contributed by atoms with Crippen molar-refractivity contribution in [3.05, 3.63) is 47.6 Å². The van der Waals surface area contributed by atoms with Gasteiger partial charge in [-0.15, -0.1) is 0 Å². The van der Waals surface area contributed by atoms with Crippen molar-refractivity contribution in [2.75, 3.05) is 26.0 Å². The summed E-state index contributed by atoms with van der Waals surface area (Å²) in [7, 11) is -3.51. The van der Waals surface area contributed by atoms with Crippen molar-refractivity contribution in [1.29, 1.82) is 0 Å². The first-order valence-electron chi connectivity index (χ1n) is 10.9. The van der Waals surface area contributed by atoms with Gasteiger partial charge in [-0.1, -0.05) is 5.16 Å². The van der Waals surface area contributed by atoms with E-state index in [4.69, 9.17) is 14.0 Å². The number of nitrogens with one attached hydrogen (secondary N) is 1. The molecule has 2 aliphatic rings. The molecule has 2 aliphatic heterocycles. The van der Waals surface area contributed by atoms with E-state index in [1.165, 1.54) is 30.3 Å². The number of sulfonamides is 1. The average Bonchev–Trinajstić information content (AvgIpc) is 3.25. The molecule has 1 spiro atoms. The Bertz CT molecular complexity index is 1130. The Morgan fingerprint density at radius 1 is 1.32 bits per heavy atom. The minimum Gasteiger partial charge on any atom is -0.486 e. The summed E-state index contributed by atoms with van der Waals surface area (Å²) in [6, 6.07) is 6.37. The molecule has 2 N–H and O–H groups in total. The van der Waals surface area contributed by atoms with Crippen LogP contribution in [0.25, 0.3) is 0 Å². The molecule has 0 aliphatic carbocycles. The van der Waals surface area contributed by atoms with Crippen LogP contribution in [0.5, 0.6) is 5.75 Å². The third kappa shape index (κ3) is 5.74. The highest BCUT2D eigenvalue weighted by atomic mass is 32.2. The number of hydrogen-bond acceptors (Lipinski definition) is 8. The fourth-order valence-electron chi connectivity index (χ4n) is 4.27. The van der Waals surface area contributed by atoms with E-state index in [0.717, 1.165) is 6.26 Å². The molecule has 0 radical (unpaired) electrons. The fourth-order valence-corrected chi connectivity index (χ4v) is 5.13. The van der Waals surface area contributed by atoms with Gasteiger partial charge in [-0.25, -0.2) is 17.5 Å². The van der Waals surface area contributed by atoms with E-state index in [1.54, 1.807) is 11.8 Å². The number of rotatable bonds is 6. The molecule has 12 heteroatoms. The maximum Gasteiger partial charge on any atom is 0.276 e. The van der Waals surface area contributed by atoms with Gasteiger partial charge in [0.15, 0.2) is 11.5 Å². The maximum absolute atomic E-state index is 13.0. The number of aliphatic hydroxyl groups is 1. The lowest BCUT2D eigenvalue weighted by Crippen LogP contribution is -2.64. The molecule has 0 saturated carbocycles. The average molecular weight is 498 g/mol. The monoisotopic (exact) mass is 497 g/mol. The number of aromatic nitrogens is 1. The highest BCUT2D eigenvalue weighted by Gasteiger charge is 2.49. The Morgan fingerprint density at radius 3 is 2.65 bits per heavy atom. The number of piperidine rings is 1. The van der Waals surface area contributed by atoms with Gasteiger partial charge in [0.1, 0.15) is 23.8 Å². The van der Waals surface area contributed by atoms with E-state index < -0.39 is 27.3 Å². The molecule has 10 nitrogen and oxygen atoms in total. The van der Waals surface area contributed by atoms with Crippen molar-refractivity contribution in [2.24, 2.45) is 0 Å². The molecule has 0 unspecified atom stereocenters. The summed E-state index contributed by atoms with van der Waals surface area (Å²) in [6.07, 6.45) is 2.36. The number of ether oxygens (including phenoxy) is 2. The van der Waals surface area contributed by atoms with E-state index >= 15 is 0 Å². The number of carbonyl (C=O) groups is 1. The number of halogens is 1. The first kappa shape index (κ1) is 24.6. The topological polar surface area (TPSA) is 131 Å². The summed E-state index contributed by atoms with van der Waals surface area (Å²) in [5.41, 5.74) is -1.80. The zero-order valence-corrected chi connectivity index (χ0v) is 19.8. The first-order valence-corrected chi connectivity index (χ1v) is 12.8. The van der Waals surface area contributed by atoms with Crippen LogP contribution in [0.2, 0.25) is 0 Å². The number of benzene rings is 1. The zero-order chi connectivity index (χ0) is 24.6. The quantitative estimate of drug-likeness (QED) is 0.613. The number of amides is 1. The molecular weight excluding hydrogens is 469 g/mol. The van der Waals surface area contributed by atoms with Crippen LogP contribution in [-0.4, -0.2) is 72.7 Å². The Hall–Kier alpha value is -2.54. The number of carbonyl (C=O) groups excluding carboxylic acids is 1. The van der Waals surface area contributed by atoms with Gasteiger partial charge in [-0.3, -0.25) is 4.79 Å². The zero-order valence-electron chi connectivity index (χ0n) is 19.0. The highest BCUT2D eigenvalue weighted by Crippen LogP contribution is 2.38. The second-order valence-electron chi connectivity index (χ2n) is 9.19. The number of nitrogens with zero attached hydrogens (tertiary/aromatic N) is 2. The molecule has 4 rings (SSSR count). The summed E-state index contributed by atoms with van der Waals surface area (Å²) in [5.74, 6) is 0.158. The van der Waals surface area contributed by atoms with E-state index in [2.05, 4.69) is 9.88 Å². The predicted molar refractivity (Wildman–Crippen MR) is 118 cm³/mol. The van der Waals surface area contributed by atoms with Gasteiger partial charge in [0.05, 0.1) is 24.5 Å². The van der Waals surface area contributed by atoms with Crippen molar-refractivity contribution < 1.29 is 36.7 Å². The summed E-state index contributed by atoms with van der Waals surface area (Å²) >= 11 is 0. The van der Waals surface area contributed by atoms with Gasteiger partial charge in [-0.05, 0) is 50.5 Å².